The summed E-state index contributed by atoms with van der Waals surface area (Å²) in [6.45, 7) is 1.22. The Morgan fingerprint density at radius 3 is 2.71 bits per heavy atom. The molecule has 126 valence electrons. The average Bonchev–Trinajstić information content (AvgIpc) is 3.04. The summed E-state index contributed by atoms with van der Waals surface area (Å²) in [4.78, 5) is 34.8. The molecule has 2 aromatic rings. The molecule has 0 saturated carbocycles. The van der Waals surface area contributed by atoms with Crippen LogP contribution in [0.1, 0.15) is 21.7 Å². The Kier molecular flexibility index (Phi) is 5.56. The molecule has 24 heavy (non-hydrogen) atoms. The summed E-state index contributed by atoms with van der Waals surface area (Å²) in [5.41, 5.74) is 0.714. The van der Waals surface area contributed by atoms with Crippen LogP contribution in [-0.4, -0.2) is 29.6 Å². The maximum atomic E-state index is 11.8. The van der Waals surface area contributed by atoms with Crippen LogP contribution in [0.4, 0.5) is 4.79 Å². The zero-order chi connectivity index (χ0) is 17.5. The number of urea groups is 1. The topological polar surface area (TPSA) is 118 Å². The van der Waals surface area contributed by atoms with Crippen molar-refractivity contribution in [2.45, 2.75) is 13.5 Å². The van der Waals surface area contributed by atoms with Crippen LogP contribution in [-0.2, 0) is 16.1 Å². The smallest absolute Gasteiger partial charge is 0.342 e. The van der Waals surface area contributed by atoms with Gasteiger partial charge in [0.15, 0.2) is 6.61 Å². The van der Waals surface area contributed by atoms with Gasteiger partial charge in [-0.3, -0.25) is 10.1 Å². The third-order valence-corrected chi connectivity index (χ3v) is 2.96. The predicted octanol–water partition coefficient (Wildman–Crippen LogP) is 1.48. The van der Waals surface area contributed by atoms with E-state index in [0.717, 1.165) is 5.56 Å². The number of carbonyl (C=O) groups is 3. The lowest BCUT2D eigenvalue weighted by molar-refractivity contribution is -0.123. The van der Waals surface area contributed by atoms with Crippen LogP contribution in [0, 0.1) is 6.92 Å². The molecule has 8 heteroatoms. The van der Waals surface area contributed by atoms with Gasteiger partial charge in [0.25, 0.3) is 5.91 Å². The number of phenols is 1. The van der Waals surface area contributed by atoms with Crippen molar-refractivity contribution in [3.8, 4) is 5.75 Å². The number of imide groups is 1. The lowest BCUT2D eigenvalue weighted by Crippen LogP contribution is -2.41. The number of esters is 1. The summed E-state index contributed by atoms with van der Waals surface area (Å²) >= 11 is 0. The van der Waals surface area contributed by atoms with Gasteiger partial charge in [0, 0.05) is 0 Å². The lowest BCUT2D eigenvalue weighted by Gasteiger charge is -2.08. The Bertz CT molecular complexity index is 739. The van der Waals surface area contributed by atoms with E-state index < -0.39 is 24.5 Å². The van der Waals surface area contributed by atoms with Gasteiger partial charge in [-0.15, -0.1) is 0 Å². The van der Waals surface area contributed by atoms with Crippen LogP contribution in [0.3, 0.4) is 0 Å². The average molecular weight is 332 g/mol. The monoisotopic (exact) mass is 332 g/mol. The standard InChI is InChI=1S/C16H16N2O6/c1-10-4-5-12(13(19)7-10)15(21)24-9-14(20)18-16(22)17-8-11-3-2-6-23-11/h2-7,19H,8-9H2,1H3,(H2,17,18,20,22). The number of hydrogen-bond acceptors (Lipinski definition) is 6. The molecule has 2 rings (SSSR count). The minimum atomic E-state index is -0.862. The first-order valence-corrected chi connectivity index (χ1v) is 7.02. The van der Waals surface area contributed by atoms with Gasteiger partial charge in [-0.2, -0.15) is 0 Å². The maximum absolute atomic E-state index is 11.8. The second-order valence-electron chi connectivity index (χ2n) is 4.91. The van der Waals surface area contributed by atoms with Gasteiger partial charge in [0.2, 0.25) is 0 Å². The molecule has 1 aromatic carbocycles. The van der Waals surface area contributed by atoms with Crippen molar-refractivity contribution in [3.05, 3.63) is 53.5 Å². The minimum Gasteiger partial charge on any atom is -0.507 e. The fourth-order valence-electron chi connectivity index (χ4n) is 1.81. The van der Waals surface area contributed by atoms with Crippen LogP contribution in [0.2, 0.25) is 0 Å². The van der Waals surface area contributed by atoms with Gasteiger partial charge in [0.05, 0.1) is 12.8 Å². The molecule has 0 bridgehead atoms. The molecule has 0 aliphatic rings. The SMILES string of the molecule is Cc1ccc(C(=O)OCC(=O)NC(=O)NCc2ccco2)c(O)c1. The van der Waals surface area contributed by atoms with Crippen molar-refractivity contribution < 1.29 is 28.6 Å². The highest BCUT2D eigenvalue weighted by Gasteiger charge is 2.15. The molecular weight excluding hydrogens is 316 g/mol. The molecule has 0 unspecified atom stereocenters. The van der Waals surface area contributed by atoms with Crippen LogP contribution < -0.4 is 10.6 Å². The third kappa shape index (κ3) is 4.87. The van der Waals surface area contributed by atoms with E-state index in [4.69, 9.17) is 9.15 Å². The molecular formula is C16H16N2O6. The first-order chi connectivity index (χ1) is 11.5. The zero-order valence-corrected chi connectivity index (χ0v) is 12.9. The minimum absolute atomic E-state index is 0.0596. The number of aryl methyl sites for hydroxylation is 1. The number of amides is 3. The van der Waals surface area contributed by atoms with E-state index in [1.54, 1.807) is 25.1 Å². The highest BCUT2D eigenvalue weighted by atomic mass is 16.5. The molecule has 0 aliphatic carbocycles. The van der Waals surface area contributed by atoms with Gasteiger partial charge in [0.1, 0.15) is 17.1 Å². The van der Waals surface area contributed by atoms with E-state index in [-0.39, 0.29) is 17.9 Å². The highest BCUT2D eigenvalue weighted by Crippen LogP contribution is 2.19. The second kappa shape index (κ2) is 7.82. The summed E-state index contributed by atoms with van der Waals surface area (Å²) in [5.74, 6) is -1.37. The number of phenolic OH excluding ortho intramolecular Hbond substituents is 1. The summed E-state index contributed by atoms with van der Waals surface area (Å²) in [5, 5.41) is 14.1. The number of furan rings is 1. The van der Waals surface area contributed by atoms with E-state index in [1.807, 2.05) is 5.32 Å². The zero-order valence-electron chi connectivity index (χ0n) is 12.9. The third-order valence-electron chi connectivity index (χ3n) is 2.96. The molecule has 3 amide bonds. The van der Waals surface area contributed by atoms with Crippen molar-refractivity contribution in [2.24, 2.45) is 0 Å². The van der Waals surface area contributed by atoms with E-state index in [1.165, 1.54) is 18.4 Å². The van der Waals surface area contributed by atoms with Crippen LogP contribution in [0.15, 0.2) is 41.0 Å². The van der Waals surface area contributed by atoms with Gasteiger partial charge >= 0.3 is 12.0 Å². The Hall–Kier alpha value is -3.29. The molecule has 0 aliphatic heterocycles. The van der Waals surface area contributed by atoms with Crippen LogP contribution >= 0.6 is 0 Å². The summed E-state index contributed by atoms with van der Waals surface area (Å²) in [6.07, 6.45) is 1.46. The number of rotatable bonds is 5. The van der Waals surface area contributed by atoms with Crippen molar-refractivity contribution in [2.75, 3.05) is 6.61 Å². The number of nitrogens with one attached hydrogen (secondary N) is 2. The number of carbonyl (C=O) groups excluding carboxylic acids is 3. The first kappa shape index (κ1) is 17.1. The molecule has 0 spiro atoms. The maximum Gasteiger partial charge on any atom is 0.342 e. The van der Waals surface area contributed by atoms with Gasteiger partial charge in [-0.05, 0) is 36.8 Å². The number of hydrogen-bond donors (Lipinski definition) is 3. The molecule has 3 N–H and O–H groups in total. The normalized spacial score (nSPS) is 10.0. The Balaban J connectivity index is 1.75. The largest absolute Gasteiger partial charge is 0.507 e. The van der Waals surface area contributed by atoms with E-state index in [2.05, 4.69) is 5.32 Å². The summed E-state index contributed by atoms with van der Waals surface area (Å²) in [6, 6.07) is 7.00. The summed E-state index contributed by atoms with van der Waals surface area (Å²) in [7, 11) is 0. The molecule has 0 atom stereocenters. The number of ether oxygens (including phenoxy) is 1. The van der Waals surface area contributed by atoms with Crippen LogP contribution in [0.5, 0.6) is 5.75 Å². The molecule has 8 nitrogen and oxygen atoms in total. The van der Waals surface area contributed by atoms with Crippen molar-refractivity contribution in [1.82, 2.24) is 10.6 Å². The van der Waals surface area contributed by atoms with Crippen LogP contribution in [0.25, 0.3) is 0 Å². The van der Waals surface area contributed by atoms with Crippen molar-refractivity contribution in [1.29, 1.82) is 0 Å². The number of benzene rings is 1. The predicted molar refractivity (Wildman–Crippen MR) is 82.2 cm³/mol. The molecule has 0 fully saturated rings. The van der Waals surface area contributed by atoms with Crippen molar-refractivity contribution in [3.63, 3.8) is 0 Å². The molecule has 1 heterocycles. The quantitative estimate of drug-likeness (QED) is 0.714. The highest BCUT2D eigenvalue weighted by molar-refractivity contribution is 5.97. The molecule has 0 saturated heterocycles. The fourth-order valence-corrected chi connectivity index (χ4v) is 1.81. The van der Waals surface area contributed by atoms with E-state index >= 15 is 0 Å². The van der Waals surface area contributed by atoms with Crippen molar-refractivity contribution >= 4 is 17.9 Å². The van der Waals surface area contributed by atoms with Gasteiger partial charge in [-0.25, -0.2) is 9.59 Å². The fraction of sp³-hybridized carbons (Fsp3) is 0.188. The molecule has 1 aromatic heterocycles. The van der Waals surface area contributed by atoms with E-state index in [0.29, 0.717) is 5.76 Å². The van der Waals surface area contributed by atoms with Gasteiger partial charge in [-0.1, -0.05) is 6.07 Å². The Labute approximate surface area is 137 Å². The van der Waals surface area contributed by atoms with E-state index in [9.17, 15) is 19.5 Å². The number of aromatic hydroxyl groups is 1. The van der Waals surface area contributed by atoms with Gasteiger partial charge < -0.3 is 19.6 Å². The first-order valence-electron chi connectivity index (χ1n) is 7.02. The Morgan fingerprint density at radius 1 is 1.25 bits per heavy atom. The lowest BCUT2D eigenvalue weighted by atomic mass is 10.1. The second-order valence-corrected chi connectivity index (χ2v) is 4.91. The Morgan fingerprint density at radius 2 is 2.04 bits per heavy atom. The summed E-state index contributed by atoms with van der Waals surface area (Å²) < 4.78 is 9.77. The molecule has 0 radical (unpaired) electrons.